The van der Waals surface area contributed by atoms with Gasteiger partial charge in [0.15, 0.2) is 0 Å². The van der Waals surface area contributed by atoms with Crippen molar-refractivity contribution in [1.29, 1.82) is 0 Å². The summed E-state index contributed by atoms with van der Waals surface area (Å²) in [6.45, 7) is 8.36. The monoisotopic (exact) mass is 220 g/mol. The van der Waals surface area contributed by atoms with Crippen LogP contribution < -0.4 is 11.1 Å². The molecule has 0 saturated carbocycles. The van der Waals surface area contributed by atoms with Crippen LogP contribution in [-0.4, -0.2) is 13.1 Å². The fourth-order valence-corrected chi connectivity index (χ4v) is 1.97. The van der Waals surface area contributed by atoms with Crippen LogP contribution in [0.5, 0.6) is 0 Å². The van der Waals surface area contributed by atoms with Gasteiger partial charge in [-0.1, -0.05) is 29.3 Å². The third-order valence-electron chi connectivity index (χ3n) is 2.83. The van der Waals surface area contributed by atoms with Crippen LogP contribution in [0.2, 0.25) is 0 Å². The maximum Gasteiger partial charge on any atom is 0.0291 e. The zero-order valence-electron chi connectivity index (χ0n) is 10.7. The first-order valence-electron chi connectivity index (χ1n) is 6.15. The standard InChI is InChI=1S/C14H24N2/c1-11-8-12(2)10-14(9-11)13(3)16-7-5-4-6-15/h8-10,13,16H,4-7,15H2,1-3H3. The molecule has 1 aromatic carbocycles. The summed E-state index contributed by atoms with van der Waals surface area (Å²) in [4.78, 5) is 0. The summed E-state index contributed by atoms with van der Waals surface area (Å²) >= 11 is 0. The lowest BCUT2D eigenvalue weighted by Gasteiger charge is -2.15. The molecule has 0 aromatic heterocycles. The Morgan fingerprint density at radius 2 is 1.75 bits per heavy atom. The van der Waals surface area contributed by atoms with Gasteiger partial charge in [0, 0.05) is 6.04 Å². The molecule has 1 aromatic rings. The van der Waals surface area contributed by atoms with E-state index in [2.05, 4.69) is 44.3 Å². The fourth-order valence-electron chi connectivity index (χ4n) is 1.97. The van der Waals surface area contributed by atoms with Crippen molar-refractivity contribution < 1.29 is 0 Å². The highest BCUT2D eigenvalue weighted by Crippen LogP contribution is 2.16. The largest absolute Gasteiger partial charge is 0.330 e. The number of benzene rings is 1. The SMILES string of the molecule is Cc1cc(C)cc(C(C)NCCCCN)c1. The lowest BCUT2D eigenvalue weighted by molar-refractivity contribution is 0.548. The second-order valence-corrected chi connectivity index (χ2v) is 4.59. The molecule has 0 fully saturated rings. The van der Waals surface area contributed by atoms with Crippen LogP contribution in [0.3, 0.4) is 0 Å². The average Bonchev–Trinajstić information content (AvgIpc) is 2.22. The second-order valence-electron chi connectivity index (χ2n) is 4.59. The summed E-state index contributed by atoms with van der Waals surface area (Å²) < 4.78 is 0. The van der Waals surface area contributed by atoms with Crippen molar-refractivity contribution in [3.05, 3.63) is 34.9 Å². The van der Waals surface area contributed by atoms with Crippen molar-refractivity contribution in [2.24, 2.45) is 5.73 Å². The van der Waals surface area contributed by atoms with E-state index in [1.165, 1.54) is 16.7 Å². The quantitative estimate of drug-likeness (QED) is 0.723. The van der Waals surface area contributed by atoms with Gasteiger partial charge in [-0.3, -0.25) is 0 Å². The van der Waals surface area contributed by atoms with Crippen LogP contribution in [0.4, 0.5) is 0 Å². The van der Waals surface area contributed by atoms with E-state index >= 15 is 0 Å². The first kappa shape index (κ1) is 13.2. The van der Waals surface area contributed by atoms with Crippen molar-refractivity contribution in [3.8, 4) is 0 Å². The summed E-state index contributed by atoms with van der Waals surface area (Å²) in [6.07, 6.45) is 2.26. The molecule has 0 heterocycles. The maximum absolute atomic E-state index is 5.47. The fraction of sp³-hybridized carbons (Fsp3) is 0.571. The highest BCUT2D eigenvalue weighted by atomic mass is 14.9. The van der Waals surface area contributed by atoms with Crippen LogP contribution in [0.15, 0.2) is 18.2 Å². The molecular weight excluding hydrogens is 196 g/mol. The van der Waals surface area contributed by atoms with Crippen molar-refractivity contribution in [3.63, 3.8) is 0 Å². The molecule has 0 aliphatic rings. The topological polar surface area (TPSA) is 38.0 Å². The minimum Gasteiger partial charge on any atom is -0.330 e. The molecule has 0 amide bonds. The van der Waals surface area contributed by atoms with E-state index in [0.717, 1.165) is 25.9 Å². The molecule has 1 rings (SSSR count). The Morgan fingerprint density at radius 3 is 2.31 bits per heavy atom. The van der Waals surface area contributed by atoms with Gasteiger partial charge in [-0.25, -0.2) is 0 Å². The Hall–Kier alpha value is -0.860. The maximum atomic E-state index is 5.47. The van der Waals surface area contributed by atoms with Crippen LogP contribution in [0.25, 0.3) is 0 Å². The van der Waals surface area contributed by atoms with E-state index in [0.29, 0.717) is 6.04 Å². The third-order valence-corrected chi connectivity index (χ3v) is 2.83. The van der Waals surface area contributed by atoms with Gasteiger partial charge in [0.05, 0.1) is 0 Å². The van der Waals surface area contributed by atoms with Gasteiger partial charge in [-0.15, -0.1) is 0 Å². The lowest BCUT2D eigenvalue weighted by atomic mass is 10.0. The molecule has 1 unspecified atom stereocenters. The summed E-state index contributed by atoms with van der Waals surface area (Å²) in [6, 6.07) is 7.16. The summed E-state index contributed by atoms with van der Waals surface area (Å²) in [5.41, 5.74) is 9.53. The Balaban J connectivity index is 2.48. The number of nitrogens with two attached hydrogens (primary N) is 1. The van der Waals surface area contributed by atoms with Crippen molar-refractivity contribution in [1.82, 2.24) is 5.32 Å². The molecule has 0 aliphatic carbocycles. The van der Waals surface area contributed by atoms with Crippen molar-refractivity contribution >= 4 is 0 Å². The molecule has 1 atom stereocenters. The molecule has 0 aliphatic heterocycles. The normalized spacial score (nSPS) is 12.8. The van der Waals surface area contributed by atoms with Gasteiger partial charge in [-0.05, 0) is 52.3 Å². The van der Waals surface area contributed by atoms with E-state index in [1.54, 1.807) is 0 Å². The van der Waals surface area contributed by atoms with Gasteiger partial charge >= 0.3 is 0 Å². The smallest absolute Gasteiger partial charge is 0.0291 e. The molecule has 3 N–H and O–H groups in total. The molecule has 2 heteroatoms. The Morgan fingerprint density at radius 1 is 1.12 bits per heavy atom. The minimum atomic E-state index is 0.427. The predicted octanol–water partition coefficient (Wildman–Crippen LogP) is 2.69. The molecule has 90 valence electrons. The summed E-state index contributed by atoms with van der Waals surface area (Å²) in [5, 5.41) is 3.53. The first-order valence-corrected chi connectivity index (χ1v) is 6.15. The van der Waals surface area contributed by atoms with Gasteiger partial charge < -0.3 is 11.1 Å². The van der Waals surface area contributed by atoms with E-state index < -0.39 is 0 Å². The molecule has 2 nitrogen and oxygen atoms in total. The van der Waals surface area contributed by atoms with Gasteiger partial charge in [0.2, 0.25) is 0 Å². The number of aryl methyl sites for hydroxylation is 2. The summed E-state index contributed by atoms with van der Waals surface area (Å²) in [5.74, 6) is 0. The number of rotatable bonds is 6. The molecule has 0 saturated heterocycles. The molecule has 16 heavy (non-hydrogen) atoms. The van der Waals surface area contributed by atoms with Crippen LogP contribution >= 0.6 is 0 Å². The van der Waals surface area contributed by atoms with E-state index in [-0.39, 0.29) is 0 Å². The minimum absolute atomic E-state index is 0.427. The van der Waals surface area contributed by atoms with Gasteiger partial charge in [0.1, 0.15) is 0 Å². The summed E-state index contributed by atoms with van der Waals surface area (Å²) in [7, 11) is 0. The highest BCUT2D eigenvalue weighted by Gasteiger charge is 2.04. The van der Waals surface area contributed by atoms with Crippen LogP contribution in [0, 0.1) is 13.8 Å². The molecule has 0 bridgehead atoms. The van der Waals surface area contributed by atoms with Crippen LogP contribution in [-0.2, 0) is 0 Å². The third kappa shape index (κ3) is 4.33. The van der Waals surface area contributed by atoms with Crippen molar-refractivity contribution in [2.45, 2.75) is 39.7 Å². The predicted molar refractivity (Wildman–Crippen MR) is 70.6 cm³/mol. The second kappa shape index (κ2) is 6.66. The Kier molecular flexibility index (Phi) is 5.50. The van der Waals surface area contributed by atoms with E-state index in [4.69, 9.17) is 5.73 Å². The number of hydrogen-bond donors (Lipinski definition) is 2. The van der Waals surface area contributed by atoms with E-state index in [1.807, 2.05) is 0 Å². The zero-order chi connectivity index (χ0) is 12.0. The number of hydrogen-bond acceptors (Lipinski definition) is 2. The van der Waals surface area contributed by atoms with Gasteiger partial charge in [0.25, 0.3) is 0 Å². The zero-order valence-corrected chi connectivity index (χ0v) is 10.7. The van der Waals surface area contributed by atoms with Crippen LogP contribution in [0.1, 0.15) is 42.5 Å². The highest BCUT2D eigenvalue weighted by molar-refractivity contribution is 5.30. The Labute approximate surface area is 99.2 Å². The molecule has 0 spiro atoms. The number of nitrogens with one attached hydrogen (secondary N) is 1. The number of unbranched alkanes of at least 4 members (excludes halogenated alkanes) is 1. The first-order chi connectivity index (χ1) is 7.63. The Bertz CT molecular complexity index is 300. The molecular formula is C14H24N2. The molecule has 0 radical (unpaired) electrons. The van der Waals surface area contributed by atoms with Gasteiger partial charge in [-0.2, -0.15) is 0 Å². The lowest BCUT2D eigenvalue weighted by Crippen LogP contribution is -2.20. The van der Waals surface area contributed by atoms with E-state index in [9.17, 15) is 0 Å². The average molecular weight is 220 g/mol. The van der Waals surface area contributed by atoms with Crippen molar-refractivity contribution in [2.75, 3.05) is 13.1 Å².